The maximum Gasteiger partial charge on any atom is 0.0522 e. The quantitative estimate of drug-likeness (QED) is 0.705. The topological polar surface area (TPSA) is 4.93 Å². The Morgan fingerprint density at radius 2 is 1.93 bits per heavy atom. The monoisotopic (exact) mass is 197 g/mol. The lowest BCUT2D eigenvalue weighted by Crippen LogP contribution is -1.88. The van der Waals surface area contributed by atoms with Crippen LogP contribution in [0.5, 0.6) is 0 Å². The summed E-state index contributed by atoms with van der Waals surface area (Å²) in [6.07, 6.45) is 4.92. The molecule has 1 nitrogen and oxygen atoms in total. The first-order valence-electron chi connectivity index (χ1n) is 5.24. The predicted octanol–water partition coefficient (Wildman–Crippen LogP) is 3.82. The van der Waals surface area contributed by atoms with Crippen LogP contribution in [0, 0.1) is 0 Å². The number of rotatable bonds is 3. The lowest BCUT2D eigenvalue weighted by Gasteiger charge is -2.04. The minimum absolute atomic E-state index is 1.09. The molecule has 76 valence electrons. The zero-order valence-electron chi connectivity index (χ0n) is 8.98. The van der Waals surface area contributed by atoms with Gasteiger partial charge in [0.15, 0.2) is 0 Å². The number of aromatic nitrogens is 1. The molecule has 0 N–H and O–H groups in total. The molecule has 1 aromatic carbocycles. The molecule has 1 heteroatoms. The van der Waals surface area contributed by atoms with Gasteiger partial charge < -0.3 is 4.57 Å². The highest BCUT2D eigenvalue weighted by atomic mass is 14.9. The van der Waals surface area contributed by atoms with Gasteiger partial charge in [0.25, 0.3) is 0 Å². The van der Waals surface area contributed by atoms with Crippen LogP contribution in [0.1, 0.15) is 12.5 Å². The van der Waals surface area contributed by atoms with Gasteiger partial charge in [0.1, 0.15) is 0 Å². The van der Waals surface area contributed by atoms with Crippen LogP contribution in [0.25, 0.3) is 17.5 Å². The fourth-order valence-corrected chi connectivity index (χ4v) is 1.71. The zero-order chi connectivity index (χ0) is 10.7. The molecule has 0 fully saturated rings. The van der Waals surface area contributed by atoms with Crippen molar-refractivity contribution in [2.24, 2.45) is 0 Å². The maximum atomic E-state index is 3.79. The van der Waals surface area contributed by atoms with Crippen LogP contribution >= 0.6 is 0 Å². The highest BCUT2D eigenvalue weighted by molar-refractivity contribution is 5.62. The Morgan fingerprint density at radius 1 is 1.20 bits per heavy atom. The van der Waals surface area contributed by atoms with Crippen LogP contribution < -0.4 is 0 Å². The molecule has 0 radical (unpaired) electrons. The number of benzene rings is 1. The van der Waals surface area contributed by atoms with E-state index >= 15 is 0 Å². The fourth-order valence-electron chi connectivity index (χ4n) is 1.71. The van der Waals surface area contributed by atoms with Gasteiger partial charge in [0.2, 0.25) is 0 Å². The normalized spacial score (nSPS) is 10.2. The Hall–Kier alpha value is -1.76. The summed E-state index contributed by atoms with van der Waals surface area (Å²) in [5, 5.41) is 0. The molecule has 1 heterocycles. The van der Waals surface area contributed by atoms with E-state index in [2.05, 4.69) is 43.8 Å². The molecule has 1 aromatic heterocycles. The highest BCUT2D eigenvalue weighted by Gasteiger charge is 2.00. The predicted molar refractivity (Wildman–Crippen MR) is 65.6 cm³/mol. The van der Waals surface area contributed by atoms with Gasteiger partial charge in [-0.05, 0) is 29.7 Å². The fraction of sp³-hybridized carbons (Fsp3) is 0.143. The molecule has 2 rings (SSSR count). The van der Waals surface area contributed by atoms with Crippen LogP contribution in [-0.2, 0) is 6.42 Å². The summed E-state index contributed by atoms with van der Waals surface area (Å²) >= 11 is 0. The maximum absolute atomic E-state index is 3.79. The first-order valence-corrected chi connectivity index (χ1v) is 5.24. The third kappa shape index (κ3) is 1.86. The van der Waals surface area contributed by atoms with E-state index in [-0.39, 0.29) is 0 Å². The summed E-state index contributed by atoms with van der Waals surface area (Å²) < 4.78 is 2.03. The molecule has 0 unspecified atom stereocenters. The van der Waals surface area contributed by atoms with Crippen LogP contribution in [0.4, 0.5) is 0 Å². The van der Waals surface area contributed by atoms with Gasteiger partial charge in [-0.3, -0.25) is 0 Å². The summed E-state index contributed by atoms with van der Waals surface area (Å²) in [6.45, 7) is 5.95. The van der Waals surface area contributed by atoms with Gasteiger partial charge in [0, 0.05) is 12.4 Å². The van der Waals surface area contributed by atoms with Crippen LogP contribution in [0.15, 0.2) is 49.2 Å². The average molecular weight is 197 g/mol. The van der Waals surface area contributed by atoms with Crippen molar-refractivity contribution in [3.05, 3.63) is 54.7 Å². The van der Waals surface area contributed by atoms with Gasteiger partial charge >= 0.3 is 0 Å². The van der Waals surface area contributed by atoms with E-state index in [0.29, 0.717) is 0 Å². The third-order valence-corrected chi connectivity index (χ3v) is 2.63. The molecule has 0 aliphatic heterocycles. The average Bonchev–Trinajstić information content (AvgIpc) is 2.77. The molecule has 15 heavy (non-hydrogen) atoms. The van der Waals surface area contributed by atoms with Crippen molar-refractivity contribution in [2.75, 3.05) is 0 Å². The van der Waals surface area contributed by atoms with Crippen molar-refractivity contribution in [1.82, 2.24) is 4.57 Å². The molecule has 0 amide bonds. The lowest BCUT2D eigenvalue weighted by atomic mass is 10.1. The van der Waals surface area contributed by atoms with Gasteiger partial charge in [-0.1, -0.05) is 37.8 Å². The summed E-state index contributed by atoms with van der Waals surface area (Å²) in [5.74, 6) is 0. The zero-order valence-corrected chi connectivity index (χ0v) is 8.98. The van der Waals surface area contributed by atoms with E-state index in [4.69, 9.17) is 0 Å². The third-order valence-electron chi connectivity index (χ3n) is 2.63. The molecule has 0 aliphatic carbocycles. The van der Waals surface area contributed by atoms with Crippen LogP contribution in [0.2, 0.25) is 0 Å². The van der Waals surface area contributed by atoms with Crippen LogP contribution in [0.3, 0.4) is 0 Å². The van der Waals surface area contributed by atoms with Gasteiger partial charge in [-0.15, -0.1) is 0 Å². The van der Waals surface area contributed by atoms with E-state index in [9.17, 15) is 0 Å². The lowest BCUT2D eigenvalue weighted by molar-refractivity contribution is 1.14. The molecule has 0 saturated carbocycles. The first-order chi connectivity index (χ1) is 7.35. The molecule has 0 atom stereocenters. The van der Waals surface area contributed by atoms with Crippen molar-refractivity contribution < 1.29 is 0 Å². The second kappa shape index (κ2) is 4.18. The van der Waals surface area contributed by atoms with E-state index in [1.165, 1.54) is 16.8 Å². The largest absolute Gasteiger partial charge is 0.324 e. The van der Waals surface area contributed by atoms with E-state index in [1.807, 2.05) is 23.0 Å². The van der Waals surface area contributed by atoms with Gasteiger partial charge in [-0.2, -0.15) is 0 Å². The minimum atomic E-state index is 1.09. The number of hydrogen-bond donors (Lipinski definition) is 0. The Balaban J connectivity index is 2.41. The number of aryl methyl sites for hydroxylation is 1. The van der Waals surface area contributed by atoms with E-state index in [0.717, 1.165) is 6.42 Å². The summed E-state index contributed by atoms with van der Waals surface area (Å²) in [7, 11) is 0. The van der Waals surface area contributed by atoms with Crippen molar-refractivity contribution in [3.63, 3.8) is 0 Å². The molecule has 0 aliphatic rings. The second-order valence-corrected chi connectivity index (χ2v) is 3.53. The molecular weight excluding hydrogens is 182 g/mol. The summed E-state index contributed by atoms with van der Waals surface area (Å²) in [6, 6.07) is 12.8. The van der Waals surface area contributed by atoms with Crippen molar-refractivity contribution in [1.29, 1.82) is 0 Å². The molecule has 0 spiro atoms. The SMILES string of the molecule is C=Cn1cccc1-c1ccc(CC)cc1. The van der Waals surface area contributed by atoms with Crippen molar-refractivity contribution in [3.8, 4) is 11.3 Å². The molecule has 2 aromatic rings. The summed E-state index contributed by atoms with van der Waals surface area (Å²) in [5.41, 5.74) is 3.79. The Kier molecular flexibility index (Phi) is 2.72. The number of nitrogens with zero attached hydrogens (tertiary/aromatic N) is 1. The Labute approximate surface area is 90.7 Å². The first kappa shape index (κ1) is 9.78. The highest BCUT2D eigenvalue weighted by Crippen LogP contribution is 2.20. The standard InChI is InChI=1S/C14H15N/c1-3-12-7-9-13(10-8-12)14-6-5-11-15(14)4-2/h4-11H,2-3H2,1H3. The van der Waals surface area contributed by atoms with E-state index < -0.39 is 0 Å². The molecule has 0 saturated heterocycles. The second-order valence-electron chi connectivity index (χ2n) is 3.53. The summed E-state index contributed by atoms with van der Waals surface area (Å²) in [4.78, 5) is 0. The Bertz CT molecular complexity index is 448. The van der Waals surface area contributed by atoms with Crippen LogP contribution in [-0.4, -0.2) is 4.57 Å². The minimum Gasteiger partial charge on any atom is -0.324 e. The number of hydrogen-bond acceptors (Lipinski definition) is 0. The van der Waals surface area contributed by atoms with Gasteiger partial charge in [-0.25, -0.2) is 0 Å². The molecular formula is C14H15N. The van der Waals surface area contributed by atoms with E-state index in [1.54, 1.807) is 0 Å². The Morgan fingerprint density at radius 3 is 2.53 bits per heavy atom. The molecule has 0 bridgehead atoms. The van der Waals surface area contributed by atoms with Gasteiger partial charge in [0.05, 0.1) is 5.69 Å². The van der Waals surface area contributed by atoms with Crippen molar-refractivity contribution >= 4 is 6.20 Å². The van der Waals surface area contributed by atoms with Crippen molar-refractivity contribution in [2.45, 2.75) is 13.3 Å². The smallest absolute Gasteiger partial charge is 0.0522 e.